The van der Waals surface area contributed by atoms with Gasteiger partial charge in [0.15, 0.2) is 0 Å². The van der Waals surface area contributed by atoms with Gasteiger partial charge in [0.2, 0.25) is 0 Å². The van der Waals surface area contributed by atoms with Gasteiger partial charge in [-0.25, -0.2) is 12.8 Å². The minimum atomic E-state index is -3.86. The van der Waals surface area contributed by atoms with Crippen molar-refractivity contribution in [2.45, 2.75) is 25.7 Å². The van der Waals surface area contributed by atoms with E-state index in [1.54, 1.807) is 19.9 Å². The summed E-state index contributed by atoms with van der Waals surface area (Å²) in [4.78, 5) is -0.00531. The third-order valence-electron chi connectivity index (χ3n) is 3.36. The summed E-state index contributed by atoms with van der Waals surface area (Å²) in [6.45, 7) is 5.36. The minimum absolute atomic E-state index is 0.00531. The molecule has 3 N–H and O–H groups in total. The van der Waals surface area contributed by atoms with E-state index in [0.29, 0.717) is 5.56 Å². The fourth-order valence-electron chi connectivity index (χ4n) is 1.95. The van der Waals surface area contributed by atoms with Crippen molar-refractivity contribution in [3.05, 3.63) is 52.8 Å². The van der Waals surface area contributed by atoms with Crippen LogP contribution in [0.5, 0.6) is 0 Å². The quantitative estimate of drug-likeness (QED) is 0.856. The average Bonchev–Trinajstić information content (AvgIpc) is 2.37. The van der Waals surface area contributed by atoms with Crippen LogP contribution in [0.3, 0.4) is 0 Å². The second-order valence-corrected chi connectivity index (χ2v) is 6.69. The van der Waals surface area contributed by atoms with E-state index in [9.17, 15) is 12.8 Å². The summed E-state index contributed by atoms with van der Waals surface area (Å²) in [7, 11) is -3.86. The zero-order chi connectivity index (χ0) is 15.8. The molecular formula is C15H17FN2O2S. The van der Waals surface area contributed by atoms with Gasteiger partial charge < -0.3 is 5.73 Å². The molecule has 2 aromatic carbocycles. The van der Waals surface area contributed by atoms with Crippen molar-refractivity contribution in [1.82, 2.24) is 0 Å². The number of hydrogen-bond acceptors (Lipinski definition) is 3. The molecule has 0 saturated heterocycles. The molecule has 0 bridgehead atoms. The lowest BCUT2D eigenvalue weighted by Gasteiger charge is -2.14. The normalized spacial score (nSPS) is 11.4. The van der Waals surface area contributed by atoms with Crippen molar-refractivity contribution < 1.29 is 12.8 Å². The van der Waals surface area contributed by atoms with Gasteiger partial charge in [0.05, 0.1) is 11.4 Å². The smallest absolute Gasteiger partial charge is 0.263 e. The monoisotopic (exact) mass is 308 g/mol. The van der Waals surface area contributed by atoms with Crippen molar-refractivity contribution in [1.29, 1.82) is 0 Å². The van der Waals surface area contributed by atoms with Crippen LogP contribution in [0.15, 0.2) is 35.2 Å². The van der Waals surface area contributed by atoms with Crippen LogP contribution in [-0.4, -0.2) is 8.42 Å². The lowest BCUT2D eigenvalue weighted by atomic mass is 10.1. The Bertz CT molecular complexity index is 802. The average molecular weight is 308 g/mol. The van der Waals surface area contributed by atoms with Gasteiger partial charge in [0.1, 0.15) is 10.7 Å². The number of rotatable bonds is 3. The number of nitrogens with two attached hydrogens (primary N) is 1. The lowest BCUT2D eigenvalue weighted by molar-refractivity contribution is 0.601. The molecule has 0 saturated carbocycles. The predicted molar refractivity (Wildman–Crippen MR) is 82.3 cm³/mol. The van der Waals surface area contributed by atoms with Gasteiger partial charge in [-0.3, -0.25) is 4.72 Å². The molecule has 0 atom stereocenters. The highest BCUT2D eigenvalue weighted by Gasteiger charge is 2.19. The number of anilines is 2. The Labute approximate surface area is 123 Å². The molecule has 0 fully saturated rings. The Morgan fingerprint density at radius 1 is 1.00 bits per heavy atom. The molecule has 2 aromatic rings. The highest BCUT2D eigenvalue weighted by molar-refractivity contribution is 7.92. The summed E-state index contributed by atoms with van der Waals surface area (Å²) in [5, 5.41) is 0. The summed E-state index contributed by atoms with van der Waals surface area (Å²) in [5.41, 5.74) is 8.53. The maximum Gasteiger partial charge on any atom is 0.263 e. The molecule has 112 valence electrons. The first kappa shape index (κ1) is 15.3. The Balaban J connectivity index is 2.48. The van der Waals surface area contributed by atoms with E-state index >= 15 is 0 Å². The van der Waals surface area contributed by atoms with E-state index < -0.39 is 15.8 Å². The zero-order valence-corrected chi connectivity index (χ0v) is 12.9. The second kappa shape index (κ2) is 5.37. The first-order valence-corrected chi connectivity index (χ1v) is 7.85. The molecule has 0 unspecified atom stereocenters. The predicted octanol–water partition coefficient (Wildman–Crippen LogP) is 3.13. The van der Waals surface area contributed by atoms with E-state index in [2.05, 4.69) is 4.72 Å². The maximum absolute atomic E-state index is 13.3. The van der Waals surface area contributed by atoms with E-state index in [1.807, 2.05) is 6.92 Å². The molecule has 6 heteroatoms. The number of benzene rings is 2. The van der Waals surface area contributed by atoms with E-state index in [0.717, 1.165) is 17.2 Å². The Kier molecular flexibility index (Phi) is 3.91. The van der Waals surface area contributed by atoms with Crippen molar-refractivity contribution in [3.8, 4) is 0 Å². The lowest BCUT2D eigenvalue weighted by Crippen LogP contribution is -2.16. The summed E-state index contributed by atoms with van der Waals surface area (Å²) >= 11 is 0. The number of nitrogen functional groups attached to an aromatic ring is 1. The van der Waals surface area contributed by atoms with Crippen molar-refractivity contribution in [2.75, 3.05) is 10.5 Å². The van der Waals surface area contributed by atoms with Gasteiger partial charge in [0, 0.05) is 0 Å². The van der Waals surface area contributed by atoms with Crippen LogP contribution < -0.4 is 10.5 Å². The van der Waals surface area contributed by atoms with Crippen molar-refractivity contribution >= 4 is 21.4 Å². The molecule has 2 rings (SSSR count). The van der Waals surface area contributed by atoms with Crippen LogP contribution in [0.1, 0.15) is 16.7 Å². The van der Waals surface area contributed by atoms with Crippen LogP contribution in [0.25, 0.3) is 0 Å². The first-order valence-electron chi connectivity index (χ1n) is 6.36. The largest absolute Gasteiger partial charge is 0.398 e. The molecule has 0 amide bonds. The molecular weight excluding hydrogens is 291 g/mol. The number of aryl methyl sites for hydroxylation is 3. The molecule has 0 aliphatic carbocycles. The van der Waals surface area contributed by atoms with Crippen molar-refractivity contribution in [2.24, 2.45) is 0 Å². The fraction of sp³-hybridized carbons (Fsp3) is 0.200. The van der Waals surface area contributed by atoms with Crippen molar-refractivity contribution in [3.63, 3.8) is 0 Å². The first-order chi connectivity index (χ1) is 9.70. The van der Waals surface area contributed by atoms with Gasteiger partial charge in [-0.05, 0) is 61.7 Å². The Hall–Kier alpha value is -2.08. The summed E-state index contributed by atoms with van der Waals surface area (Å²) < 4.78 is 40.5. The molecule has 0 aliphatic rings. The fourth-order valence-corrected chi connectivity index (χ4v) is 3.27. The number of halogens is 1. The number of hydrogen-bond donors (Lipinski definition) is 2. The van der Waals surface area contributed by atoms with Gasteiger partial charge in [-0.1, -0.05) is 6.07 Å². The highest BCUT2D eigenvalue weighted by atomic mass is 32.2. The second-order valence-electron chi connectivity index (χ2n) is 5.04. The maximum atomic E-state index is 13.3. The van der Waals surface area contributed by atoms with E-state index in [-0.39, 0.29) is 16.3 Å². The van der Waals surface area contributed by atoms with Gasteiger partial charge in [-0.15, -0.1) is 0 Å². The Morgan fingerprint density at radius 3 is 2.29 bits per heavy atom. The summed E-state index contributed by atoms with van der Waals surface area (Å²) in [6, 6.07) is 7.06. The van der Waals surface area contributed by atoms with Crippen LogP contribution in [0.2, 0.25) is 0 Å². The Morgan fingerprint density at radius 2 is 1.62 bits per heavy atom. The standard InChI is InChI=1S/C15H17FN2O2S/c1-9-4-5-12(16)8-14(9)18-21(19,20)15-7-11(3)10(2)6-13(15)17/h4-8,18H,17H2,1-3H3. The highest BCUT2D eigenvalue weighted by Crippen LogP contribution is 2.26. The molecule has 0 spiro atoms. The molecule has 0 heterocycles. The zero-order valence-electron chi connectivity index (χ0n) is 12.1. The minimum Gasteiger partial charge on any atom is -0.398 e. The molecule has 21 heavy (non-hydrogen) atoms. The molecule has 0 aliphatic heterocycles. The molecule has 4 nitrogen and oxygen atoms in total. The van der Waals surface area contributed by atoms with Gasteiger partial charge >= 0.3 is 0 Å². The number of nitrogens with one attached hydrogen (secondary N) is 1. The third kappa shape index (κ3) is 3.16. The SMILES string of the molecule is Cc1cc(N)c(S(=O)(=O)Nc2cc(F)ccc2C)cc1C. The van der Waals surface area contributed by atoms with Crippen LogP contribution in [0, 0.1) is 26.6 Å². The van der Waals surface area contributed by atoms with Crippen LogP contribution in [0.4, 0.5) is 15.8 Å². The van der Waals surface area contributed by atoms with Crippen LogP contribution in [-0.2, 0) is 10.0 Å². The van der Waals surface area contributed by atoms with Gasteiger partial charge in [-0.2, -0.15) is 0 Å². The number of sulfonamides is 1. The third-order valence-corrected chi connectivity index (χ3v) is 4.78. The van der Waals surface area contributed by atoms with Gasteiger partial charge in [0.25, 0.3) is 10.0 Å². The summed E-state index contributed by atoms with van der Waals surface area (Å²) in [5.74, 6) is -0.508. The molecule has 0 aromatic heterocycles. The summed E-state index contributed by atoms with van der Waals surface area (Å²) in [6.07, 6.45) is 0. The topological polar surface area (TPSA) is 72.2 Å². The van der Waals surface area contributed by atoms with Crippen LogP contribution >= 0.6 is 0 Å². The van der Waals surface area contributed by atoms with E-state index in [1.165, 1.54) is 18.2 Å². The molecule has 0 radical (unpaired) electrons. The van der Waals surface area contributed by atoms with E-state index in [4.69, 9.17) is 5.73 Å².